The fourth-order valence-corrected chi connectivity index (χ4v) is 4.16. The Morgan fingerprint density at radius 1 is 1.20 bits per heavy atom. The molecule has 0 bridgehead atoms. The van der Waals surface area contributed by atoms with Crippen LogP contribution in [0.25, 0.3) is 0 Å². The average Bonchev–Trinajstić information content (AvgIpc) is 2.69. The first-order chi connectivity index (χ1) is 9.62. The van der Waals surface area contributed by atoms with Crippen molar-refractivity contribution >= 4 is 0 Å². The summed E-state index contributed by atoms with van der Waals surface area (Å²) < 4.78 is 0. The highest BCUT2D eigenvalue weighted by atomic mass is 15.2. The fraction of sp³-hybridized carbons (Fsp3) is 0.667. The van der Waals surface area contributed by atoms with E-state index in [4.69, 9.17) is 5.84 Å². The van der Waals surface area contributed by atoms with Gasteiger partial charge in [0.15, 0.2) is 0 Å². The van der Waals surface area contributed by atoms with Crippen LogP contribution in [-0.4, -0.2) is 0 Å². The van der Waals surface area contributed by atoms with E-state index in [1.54, 1.807) is 0 Å². The van der Waals surface area contributed by atoms with E-state index in [9.17, 15) is 0 Å². The predicted octanol–water partition coefficient (Wildman–Crippen LogP) is 4.28. The Morgan fingerprint density at radius 3 is 2.55 bits per heavy atom. The average molecular weight is 272 g/mol. The van der Waals surface area contributed by atoms with E-state index < -0.39 is 0 Å². The molecule has 0 heterocycles. The maximum absolute atomic E-state index is 5.93. The van der Waals surface area contributed by atoms with E-state index in [0.29, 0.717) is 17.4 Å². The molecule has 2 heteroatoms. The molecule has 2 aliphatic carbocycles. The second kappa shape index (κ2) is 5.50. The highest BCUT2D eigenvalue weighted by Crippen LogP contribution is 2.48. The van der Waals surface area contributed by atoms with Gasteiger partial charge in [0, 0.05) is 6.04 Å². The molecule has 2 nitrogen and oxygen atoms in total. The molecule has 0 radical (unpaired) electrons. The van der Waals surface area contributed by atoms with Gasteiger partial charge in [-0.2, -0.15) is 0 Å². The highest BCUT2D eigenvalue weighted by molar-refractivity contribution is 5.30. The van der Waals surface area contributed by atoms with Crippen molar-refractivity contribution < 1.29 is 0 Å². The Balaban J connectivity index is 1.85. The lowest BCUT2D eigenvalue weighted by Gasteiger charge is -2.35. The zero-order valence-electron chi connectivity index (χ0n) is 12.9. The molecule has 2 unspecified atom stereocenters. The molecule has 3 N–H and O–H groups in total. The Hall–Kier alpha value is -0.860. The number of benzene rings is 1. The Kier molecular flexibility index (Phi) is 3.87. The Morgan fingerprint density at radius 2 is 2.00 bits per heavy atom. The van der Waals surface area contributed by atoms with Gasteiger partial charge in [0.2, 0.25) is 0 Å². The van der Waals surface area contributed by atoms with Crippen molar-refractivity contribution in [1.29, 1.82) is 0 Å². The number of nitrogens with one attached hydrogen (secondary N) is 1. The van der Waals surface area contributed by atoms with Crippen LogP contribution in [0.2, 0.25) is 0 Å². The minimum absolute atomic E-state index is 0.299. The summed E-state index contributed by atoms with van der Waals surface area (Å²) in [5.41, 5.74) is 6.41. The van der Waals surface area contributed by atoms with E-state index in [2.05, 4.69) is 43.5 Å². The van der Waals surface area contributed by atoms with E-state index in [0.717, 1.165) is 5.92 Å². The van der Waals surface area contributed by atoms with Crippen LogP contribution in [0.5, 0.6) is 0 Å². The summed E-state index contributed by atoms with van der Waals surface area (Å²) in [5.74, 6) is 7.37. The molecule has 3 rings (SSSR count). The van der Waals surface area contributed by atoms with Crippen molar-refractivity contribution in [2.24, 2.45) is 17.2 Å². The summed E-state index contributed by atoms with van der Waals surface area (Å²) in [6.45, 7) is 4.79. The van der Waals surface area contributed by atoms with Crippen molar-refractivity contribution in [1.82, 2.24) is 5.43 Å². The minimum atomic E-state index is 0.299. The normalized spacial score (nSPS) is 27.2. The Labute approximate surface area is 123 Å². The fourth-order valence-electron chi connectivity index (χ4n) is 4.16. The molecular formula is C18H28N2. The topological polar surface area (TPSA) is 38.0 Å². The van der Waals surface area contributed by atoms with Crippen LogP contribution in [0.4, 0.5) is 0 Å². The zero-order chi connectivity index (χ0) is 14.2. The van der Waals surface area contributed by atoms with Gasteiger partial charge in [-0.25, -0.2) is 0 Å². The number of hydrogen-bond donors (Lipinski definition) is 2. The van der Waals surface area contributed by atoms with Gasteiger partial charge in [0.05, 0.1) is 0 Å². The van der Waals surface area contributed by atoms with E-state index in [1.165, 1.54) is 49.7 Å². The molecule has 2 saturated carbocycles. The van der Waals surface area contributed by atoms with Gasteiger partial charge in [-0.15, -0.1) is 0 Å². The quantitative estimate of drug-likeness (QED) is 0.634. The SMILES string of the molecule is CC1(C)CCCC1C(NN)c1cccc(C2CCC2)c1. The molecule has 0 saturated heterocycles. The van der Waals surface area contributed by atoms with E-state index >= 15 is 0 Å². The van der Waals surface area contributed by atoms with Gasteiger partial charge >= 0.3 is 0 Å². The van der Waals surface area contributed by atoms with Crippen LogP contribution >= 0.6 is 0 Å². The number of hydrogen-bond acceptors (Lipinski definition) is 2. The molecule has 0 aliphatic heterocycles. The van der Waals surface area contributed by atoms with Crippen molar-refractivity contribution in [3.8, 4) is 0 Å². The molecule has 0 amide bonds. The number of nitrogens with two attached hydrogens (primary N) is 1. The number of rotatable bonds is 4. The minimum Gasteiger partial charge on any atom is -0.271 e. The van der Waals surface area contributed by atoms with Crippen LogP contribution < -0.4 is 11.3 Å². The first-order valence-corrected chi connectivity index (χ1v) is 8.18. The van der Waals surface area contributed by atoms with Gasteiger partial charge in [0.1, 0.15) is 0 Å². The molecule has 110 valence electrons. The Bertz CT molecular complexity index is 462. The molecule has 20 heavy (non-hydrogen) atoms. The van der Waals surface area contributed by atoms with Crippen LogP contribution in [0.15, 0.2) is 24.3 Å². The van der Waals surface area contributed by atoms with Crippen LogP contribution in [0, 0.1) is 11.3 Å². The standard InChI is InChI=1S/C18H28N2/c1-18(2)11-5-10-16(18)17(20-19)15-9-4-8-14(12-15)13-6-3-7-13/h4,8-9,12-13,16-17,20H,3,5-7,10-11,19H2,1-2H3. The van der Waals surface area contributed by atoms with Crippen molar-refractivity contribution in [2.75, 3.05) is 0 Å². The van der Waals surface area contributed by atoms with Gasteiger partial charge in [-0.3, -0.25) is 11.3 Å². The van der Waals surface area contributed by atoms with Gasteiger partial charge in [0.25, 0.3) is 0 Å². The maximum Gasteiger partial charge on any atom is 0.0493 e. The first kappa shape index (κ1) is 14.1. The monoisotopic (exact) mass is 272 g/mol. The highest BCUT2D eigenvalue weighted by Gasteiger charge is 2.39. The molecule has 2 atom stereocenters. The molecule has 0 aromatic heterocycles. The molecule has 2 fully saturated rings. The third-order valence-corrected chi connectivity index (χ3v) is 5.77. The second-order valence-corrected chi connectivity index (χ2v) is 7.43. The smallest absolute Gasteiger partial charge is 0.0493 e. The third kappa shape index (κ3) is 2.51. The van der Waals surface area contributed by atoms with Crippen molar-refractivity contribution in [2.45, 2.75) is 64.3 Å². The summed E-state index contributed by atoms with van der Waals surface area (Å²) in [4.78, 5) is 0. The summed E-state index contributed by atoms with van der Waals surface area (Å²) >= 11 is 0. The van der Waals surface area contributed by atoms with Gasteiger partial charge in [-0.05, 0) is 54.1 Å². The van der Waals surface area contributed by atoms with Crippen LogP contribution in [0.3, 0.4) is 0 Å². The largest absolute Gasteiger partial charge is 0.271 e. The lowest BCUT2D eigenvalue weighted by atomic mass is 9.74. The van der Waals surface area contributed by atoms with Crippen molar-refractivity contribution in [3.63, 3.8) is 0 Å². The molecule has 2 aliphatic rings. The summed E-state index contributed by atoms with van der Waals surface area (Å²) in [5, 5.41) is 0. The third-order valence-electron chi connectivity index (χ3n) is 5.77. The molecule has 1 aromatic carbocycles. The molecule has 1 aromatic rings. The van der Waals surface area contributed by atoms with Crippen LogP contribution in [0.1, 0.15) is 75.5 Å². The van der Waals surface area contributed by atoms with Gasteiger partial charge in [-0.1, -0.05) is 51.0 Å². The van der Waals surface area contributed by atoms with E-state index in [1.807, 2.05) is 0 Å². The van der Waals surface area contributed by atoms with Gasteiger partial charge < -0.3 is 0 Å². The van der Waals surface area contributed by atoms with Crippen LogP contribution in [-0.2, 0) is 0 Å². The lowest BCUT2D eigenvalue weighted by molar-refractivity contribution is 0.198. The molecular weight excluding hydrogens is 244 g/mol. The summed E-state index contributed by atoms with van der Waals surface area (Å²) in [6.07, 6.45) is 8.05. The summed E-state index contributed by atoms with van der Waals surface area (Å²) in [6, 6.07) is 9.47. The molecule has 0 spiro atoms. The first-order valence-electron chi connectivity index (χ1n) is 8.18. The number of hydrazine groups is 1. The lowest BCUT2D eigenvalue weighted by Crippen LogP contribution is -2.37. The maximum atomic E-state index is 5.93. The predicted molar refractivity (Wildman–Crippen MR) is 84.2 cm³/mol. The summed E-state index contributed by atoms with van der Waals surface area (Å²) in [7, 11) is 0. The zero-order valence-corrected chi connectivity index (χ0v) is 12.9. The second-order valence-electron chi connectivity index (χ2n) is 7.43. The van der Waals surface area contributed by atoms with Crippen molar-refractivity contribution in [3.05, 3.63) is 35.4 Å². The van der Waals surface area contributed by atoms with E-state index in [-0.39, 0.29) is 0 Å².